The van der Waals surface area contributed by atoms with Crippen LogP contribution in [0.3, 0.4) is 0 Å². The van der Waals surface area contributed by atoms with Crippen LogP contribution in [0.5, 0.6) is 0 Å². The van der Waals surface area contributed by atoms with Crippen molar-refractivity contribution in [3.63, 3.8) is 0 Å². The third-order valence-corrected chi connectivity index (χ3v) is 3.26. The molecule has 0 spiro atoms. The van der Waals surface area contributed by atoms with Crippen LogP contribution in [0.25, 0.3) is 0 Å². The highest BCUT2D eigenvalue weighted by Gasteiger charge is 2.31. The second kappa shape index (κ2) is 4.84. The Labute approximate surface area is 110 Å². The van der Waals surface area contributed by atoms with Gasteiger partial charge in [0.15, 0.2) is 0 Å². The summed E-state index contributed by atoms with van der Waals surface area (Å²) in [6.07, 6.45) is 2.11. The summed E-state index contributed by atoms with van der Waals surface area (Å²) in [4.78, 5) is 11.0. The van der Waals surface area contributed by atoms with Gasteiger partial charge >= 0.3 is 5.97 Å². The molecule has 19 heavy (non-hydrogen) atoms. The summed E-state index contributed by atoms with van der Waals surface area (Å²) in [7, 11) is 0. The van der Waals surface area contributed by atoms with Crippen LogP contribution >= 0.6 is 0 Å². The van der Waals surface area contributed by atoms with Gasteiger partial charge in [-0.2, -0.15) is 0 Å². The minimum atomic E-state index is -0.875. The molecular weight excluding hydrogens is 244 g/mol. The maximum atomic E-state index is 11.0. The van der Waals surface area contributed by atoms with Gasteiger partial charge in [-0.15, -0.1) is 10.2 Å². The Morgan fingerprint density at radius 3 is 2.68 bits per heavy atom. The SMILES string of the molecule is O=C(O)CC(c1ccccc1)c1nnc(C2CC2)o1. The van der Waals surface area contributed by atoms with Gasteiger partial charge in [0, 0.05) is 5.92 Å². The van der Waals surface area contributed by atoms with Crippen LogP contribution in [-0.2, 0) is 4.79 Å². The van der Waals surface area contributed by atoms with Crippen molar-refractivity contribution in [2.75, 3.05) is 0 Å². The van der Waals surface area contributed by atoms with Crippen molar-refractivity contribution in [1.29, 1.82) is 0 Å². The molecule has 0 amide bonds. The van der Waals surface area contributed by atoms with E-state index >= 15 is 0 Å². The molecule has 1 aliphatic carbocycles. The monoisotopic (exact) mass is 258 g/mol. The maximum absolute atomic E-state index is 11.0. The second-order valence-corrected chi connectivity index (χ2v) is 4.81. The number of aromatic nitrogens is 2. The molecule has 1 heterocycles. The second-order valence-electron chi connectivity index (χ2n) is 4.81. The molecule has 1 unspecified atom stereocenters. The Balaban J connectivity index is 1.91. The molecule has 0 aliphatic heterocycles. The van der Waals surface area contributed by atoms with Crippen molar-refractivity contribution >= 4 is 5.97 Å². The van der Waals surface area contributed by atoms with Crippen LogP contribution in [0.1, 0.15) is 48.4 Å². The van der Waals surface area contributed by atoms with Crippen molar-refractivity contribution < 1.29 is 14.3 Å². The third-order valence-electron chi connectivity index (χ3n) is 3.26. The third kappa shape index (κ3) is 2.65. The van der Waals surface area contributed by atoms with Gasteiger partial charge in [0.25, 0.3) is 0 Å². The number of aliphatic carboxylic acids is 1. The van der Waals surface area contributed by atoms with E-state index in [1.54, 1.807) is 0 Å². The van der Waals surface area contributed by atoms with E-state index < -0.39 is 5.97 Å². The molecule has 1 saturated carbocycles. The molecule has 5 nitrogen and oxygen atoms in total. The lowest BCUT2D eigenvalue weighted by atomic mass is 9.96. The van der Waals surface area contributed by atoms with Gasteiger partial charge in [0.1, 0.15) is 0 Å². The first-order valence-corrected chi connectivity index (χ1v) is 6.34. The van der Waals surface area contributed by atoms with Gasteiger partial charge in [0.2, 0.25) is 11.8 Å². The van der Waals surface area contributed by atoms with E-state index in [9.17, 15) is 4.79 Å². The van der Waals surface area contributed by atoms with Gasteiger partial charge in [-0.25, -0.2) is 0 Å². The van der Waals surface area contributed by atoms with Crippen molar-refractivity contribution in [1.82, 2.24) is 10.2 Å². The van der Waals surface area contributed by atoms with Gasteiger partial charge in [-0.1, -0.05) is 30.3 Å². The van der Waals surface area contributed by atoms with E-state index in [0.717, 1.165) is 18.4 Å². The van der Waals surface area contributed by atoms with Gasteiger partial charge < -0.3 is 9.52 Å². The van der Waals surface area contributed by atoms with Crippen LogP contribution in [0.15, 0.2) is 34.7 Å². The van der Waals surface area contributed by atoms with Crippen molar-refractivity contribution in [2.24, 2.45) is 0 Å². The van der Waals surface area contributed by atoms with Gasteiger partial charge in [-0.05, 0) is 18.4 Å². The molecule has 0 saturated heterocycles. The smallest absolute Gasteiger partial charge is 0.304 e. The molecule has 2 aromatic rings. The molecule has 1 N–H and O–H groups in total. The summed E-state index contributed by atoms with van der Waals surface area (Å²) in [5.74, 6) is 0.165. The fraction of sp³-hybridized carbons (Fsp3) is 0.357. The summed E-state index contributed by atoms with van der Waals surface area (Å²) in [6, 6.07) is 9.42. The molecule has 1 aliphatic rings. The summed E-state index contributed by atoms with van der Waals surface area (Å²) >= 11 is 0. The Hall–Kier alpha value is -2.17. The van der Waals surface area contributed by atoms with E-state index in [1.165, 1.54) is 0 Å². The van der Waals surface area contributed by atoms with E-state index in [2.05, 4.69) is 10.2 Å². The summed E-state index contributed by atoms with van der Waals surface area (Å²) in [5.41, 5.74) is 0.885. The Morgan fingerprint density at radius 2 is 2.05 bits per heavy atom. The number of carboxylic acid groups (broad SMARTS) is 1. The molecule has 3 rings (SSSR count). The summed E-state index contributed by atoms with van der Waals surface area (Å²) < 4.78 is 5.64. The molecule has 98 valence electrons. The lowest BCUT2D eigenvalue weighted by Gasteiger charge is -2.10. The number of carbonyl (C=O) groups is 1. The maximum Gasteiger partial charge on any atom is 0.304 e. The van der Waals surface area contributed by atoms with Crippen LogP contribution < -0.4 is 0 Å². The normalized spacial score (nSPS) is 16.2. The molecule has 1 aromatic heterocycles. The van der Waals surface area contributed by atoms with Gasteiger partial charge in [-0.3, -0.25) is 4.79 Å². The zero-order chi connectivity index (χ0) is 13.2. The van der Waals surface area contributed by atoms with Crippen LogP contribution in [0.2, 0.25) is 0 Å². The van der Waals surface area contributed by atoms with E-state index in [-0.39, 0.29) is 12.3 Å². The average Bonchev–Trinajstić information content (AvgIpc) is 3.15. The summed E-state index contributed by atoms with van der Waals surface area (Å²) in [6.45, 7) is 0. The van der Waals surface area contributed by atoms with E-state index in [4.69, 9.17) is 9.52 Å². The lowest BCUT2D eigenvalue weighted by Crippen LogP contribution is -2.08. The van der Waals surface area contributed by atoms with Crippen molar-refractivity contribution in [2.45, 2.75) is 31.1 Å². The molecule has 0 radical (unpaired) electrons. The Kier molecular flexibility index (Phi) is 3.03. The Bertz CT molecular complexity index is 575. The molecular formula is C14H14N2O3. The average molecular weight is 258 g/mol. The standard InChI is InChI=1S/C14H14N2O3/c17-12(18)8-11(9-4-2-1-3-5-9)14-16-15-13(19-14)10-6-7-10/h1-5,10-11H,6-8H2,(H,17,18). The molecule has 1 aromatic carbocycles. The minimum absolute atomic E-state index is 0.0453. The summed E-state index contributed by atoms with van der Waals surface area (Å²) in [5, 5.41) is 17.1. The largest absolute Gasteiger partial charge is 0.481 e. The zero-order valence-electron chi connectivity index (χ0n) is 10.3. The highest BCUT2D eigenvalue weighted by Crippen LogP contribution is 2.40. The number of rotatable bonds is 5. The fourth-order valence-corrected chi connectivity index (χ4v) is 2.09. The van der Waals surface area contributed by atoms with Crippen LogP contribution in [0, 0.1) is 0 Å². The lowest BCUT2D eigenvalue weighted by molar-refractivity contribution is -0.137. The van der Waals surface area contributed by atoms with Crippen molar-refractivity contribution in [3.05, 3.63) is 47.7 Å². The number of hydrogen-bond donors (Lipinski definition) is 1. The quantitative estimate of drug-likeness (QED) is 0.891. The number of carboxylic acids is 1. The van der Waals surface area contributed by atoms with Crippen LogP contribution in [-0.4, -0.2) is 21.3 Å². The molecule has 5 heteroatoms. The highest BCUT2D eigenvalue weighted by molar-refractivity contribution is 5.68. The highest BCUT2D eigenvalue weighted by atomic mass is 16.4. The first kappa shape index (κ1) is 11.9. The molecule has 1 fully saturated rings. The first-order valence-electron chi connectivity index (χ1n) is 6.34. The predicted octanol–water partition coefficient (Wildman–Crippen LogP) is 2.55. The van der Waals surface area contributed by atoms with E-state index in [0.29, 0.717) is 17.7 Å². The topological polar surface area (TPSA) is 76.2 Å². The van der Waals surface area contributed by atoms with E-state index in [1.807, 2.05) is 30.3 Å². The Morgan fingerprint density at radius 1 is 1.32 bits per heavy atom. The predicted molar refractivity (Wildman–Crippen MR) is 66.8 cm³/mol. The van der Waals surface area contributed by atoms with Gasteiger partial charge in [0.05, 0.1) is 12.3 Å². The number of nitrogens with zero attached hydrogens (tertiary/aromatic N) is 2. The molecule has 1 atom stereocenters. The number of hydrogen-bond acceptors (Lipinski definition) is 4. The zero-order valence-corrected chi connectivity index (χ0v) is 10.3. The first-order chi connectivity index (χ1) is 9.24. The molecule has 0 bridgehead atoms. The fourth-order valence-electron chi connectivity index (χ4n) is 2.09. The van der Waals surface area contributed by atoms with Crippen LogP contribution in [0.4, 0.5) is 0 Å². The number of benzene rings is 1. The minimum Gasteiger partial charge on any atom is -0.481 e. The van der Waals surface area contributed by atoms with Crippen molar-refractivity contribution in [3.8, 4) is 0 Å².